The van der Waals surface area contributed by atoms with Gasteiger partial charge in [0.25, 0.3) is 0 Å². The Morgan fingerprint density at radius 1 is 1.38 bits per heavy atom. The summed E-state index contributed by atoms with van der Waals surface area (Å²) < 4.78 is 0. The van der Waals surface area contributed by atoms with Crippen molar-refractivity contribution < 1.29 is 0 Å². The molecule has 0 bridgehead atoms. The van der Waals surface area contributed by atoms with Gasteiger partial charge in [-0.15, -0.1) is 5.73 Å². The zero-order valence-electron chi connectivity index (χ0n) is 7.16. The molecule has 0 N–H and O–H groups in total. The summed E-state index contributed by atoms with van der Waals surface area (Å²) in [6.07, 6.45) is 18.2. The van der Waals surface area contributed by atoms with Crippen molar-refractivity contribution in [3.8, 4) is 0 Å². The molecule has 0 atom stereocenters. The summed E-state index contributed by atoms with van der Waals surface area (Å²) in [5, 5.41) is 0. The Kier molecular flexibility index (Phi) is 2.64. The smallest absolute Gasteiger partial charge is 0.123 e. The standard InChI is InChI=1S/C12H9S/c1-3-7-11(8-4-1)13-12-9-5-2-6-10-12/h3-9H,10H2/q+1. The highest BCUT2D eigenvalue weighted by molar-refractivity contribution is 8.06. The second-order valence-electron chi connectivity index (χ2n) is 2.71. The summed E-state index contributed by atoms with van der Waals surface area (Å²) in [4.78, 5) is 2.64. The van der Waals surface area contributed by atoms with Gasteiger partial charge in [0.2, 0.25) is 0 Å². The van der Waals surface area contributed by atoms with Gasteiger partial charge in [-0.25, -0.2) is 0 Å². The number of hydrogen-bond acceptors (Lipinski definition) is 1. The van der Waals surface area contributed by atoms with Crippen molar-refractivity contribution in [2.24, 2.45) is 0 Å². The molecule has 0 unspecified atom stereocenters. The van der Waals surface area contributed by atoms with Crippen LogP contribution < -0.4 is 0 Å². The topological polar surface area (TPSA) is 0 Å². The largest absolute Gasteiger partial charge is 0.125 e. The van der Waals surface area contributed by atoms with Gasteiger partial charge in [-0.2, -0.15) is 0 Å². The number of rotatable bonds is 2. The van der Waals surface area contributed by atoms with Gasteiger partial charge in [0.05, 0.1) is 12.2 Å². The second kappa shape index (κ2) is 4.11. The first-order valence-corrected chi connectivity index (χ1v) is 5.01. The molecule has 62 valence electrons. The number of allylic oxidation sites excluding steroid dienone is 8. The maximum absolute atomic E-state index is 3.05. The lowest BCUT2D eigenvalue weighted by Gasteiger charge is -2.02. The maximum Gasteiger partial charge on any atom is 0.123 e. The summed E-state index contributed by atoms with van der Waals surface area (Å²) in [7, 11) is 0. The third-order valence-corrected chi connectivity index (χ3v) is 2.80. The van der Waals surface area contributed by atoms with Crippen molar-refractivity contribution in [3.05, 3.63) is 64.1 Å². The van der Waals surface area contributed by atoms with Crippen molar-refractivity contribution in [2.75, 3.05) is 0 Å². The van der Waals surface area contributed by atoms with Crippen LogP contribution in [0.25, 0.3) is 0 Å². The van der Waals surface area contributed by atoms with Crippen LogP contribution in [0.4, 0.5) is 0 Å². The Morgan fingerprint density at radius 2 is 2.38 bits per heavy atom. The summed E-state index contributed by atoms with van der Waals surface area (Å²) in [6, 6.07) is 0. The van der Waals surface area contributed by atoms with Crippen molar-refractivity contribution in [1.82, 2.24) is 0 Å². The van der Waals surface area contributed by atoms with Crippen LogP contribution in [0.5, 0.6) is 0 Å². The molecule has 13 heavy (non-hydrogen) atoms. The minimum atomic E-state index is 1.000. The first kappa shape index (κ1) is 8.34. The van der Waals surface area contributed by atoms with E-state index in [9.17, 15) is 0 Å². The highest BCUT2D eigenvalue weighted by Gasteiger charge is 2.06. The van der Waals surface area contributed by atoms with Crippen LogP contribution in [0.3, 0.4) is 0 Å². The minimum absolute atomic E-state index is 1.000. The number of hydrogen-bond donors (Lipinski definition) is 0. The predicted molar refractivity (Wildman–Crippen MR) is 58.0 cm³/mol. The molecule has 0 fully saturated rings. The van der Waals surface area contributed by atoms with E-state index in [1.165, 1.54) is 9.81 Å². The fraction of sp³-hybridized carbons (Fsp3) is 0.0833. The maximum atomic E-state index is 3.05. The fourth-order valence-electron chi connectivity index (χ4n) is 1.10. The van der Waals surface area contributed by atoms with Crippen LogP contribution in [0.2, 0.25) is 0 Å². The van der Waals surface area contributed by atoms with Gasteiger partial charge in [-0.1, -0.05) is 11.8 Å². The van der Waals surface area contributed by atoms with E-state index in [-0.39, 0.29) is 0 Å². The first-order chi connectivity index (χ1) is 6.45. The lowest BCUT2D eigenvalue weighted by molar-refractivity contribution is 1.35. The molecule has 0 aromatic heterocycles. The summed E-state index contributed by atoms with van der Waals surface area (Å²) >= 11 is 1.80. The molecule has 1 heteroatoms. The van der Waals surface area contributed by atoms with Crippen LogP contribution >= 0.6 is 11.8 Å². The molecule has 0 amide bonds. The van der Waals surface area contributed by atoms with Gasteiger partial charge < -0.3 is 0 Å². The van der Waals surface area contributed by atoms with E-state index in [1.807, 2.05) is 18.2 Å². The van der Waals surface area contributed by atoms with Crippen LogP contribution in [-0.2, 0) is 0 Å². The molecule has 2 aliphatic rings. The van der Waals surface area contributed by atoms with Gasteiger partial charge in [0.1, 0.15) is 17.1 Å². The monoisotopic (exact) mass is 185 g/mol. The van der Waals surface area contributed by atoms with Gasteiger partial charge in [0, 0.05) is 12.5 Å². The highest BCUT2D eigenvalue weighted by Crippen LogP contribution is 2.30. The Bertz CT molecular complexity index is 372. The summed E-state index contributed by atoms with van der Waals surface area (Å²) in [6.45, 7) is 0. The molecular weight excluding hydrogens is 176 g/mol. The fourth-order valence-corrected chi connectivity index (χ4v) is 1.98. The molecule has 0 nitrogen and oxygen atoms in total. The third-order valence-electron chi connectivity index (χ3n) is 1.72. The van der Waals surface area contributed by atoms with Crippen LogP contribution in [0, 0.1) is 6.08 Å². The zero-order valence-corrected chi connectivity index (χ0v) is 7.97. The molecule has 2 aliphatic carbocycles. The highest BCUT2D eigenvalue weighted by atomic mass is 32.2. The van der Waals surface area contributed by atoms with Gasteiger partial charge in [-0.05, 0) is 23.1 Å². The van der Waals surface area contributed by atoms with Gasteiger partial charge in [0.15, 0.2) is 0 Å². The Balaban J connectivity index is 2.03. The van der Waals surface area contributed by atoms with Crippen LogP contribution in [0.1, 0.15) is 6.42 Å². The molecule has 0 aliphatic heterocycles. The molecule has 0 heterocycles. The molecule has 0 saturated carbocycles. The van der Waals surface area contributed by atoms with E-state index >= 15 is 0 Å². The minimum Gasteiger partial charge on any atom is -0.125 e. The van der Waals surface area contributed by atoms with Crippen molar-refractivity contribution in [2.45, 2.75) is 6.42 Å². The summed E-state index contributed by atoms with van der Waals surface area (Å²) in [5.41, 5.74) is 3.05. The SMILES string of the molecule is C1=CC=C(SC2=CC=[C+]C=C2)CC=1. The molecule has 2 rings (SSSR count). The summed E-state index contributed by atoms with van der Waals surface area (Å²) in [5.74, 6) is 0. The van der Waals surface area contributed by atoms with E-state index in [0.717, 1.165) is 6.42 Å². The average Bonchev–Trinajstić information content (AvgIpc) is 2.21. The number of thioether (sulfide) groups is 1. The average molecular weight is 185 g/mol. The van der Waals surface area contributed by atoms with Crippen molar-refractivity contribution >= 4 is 11.8 Å². The van der Waals surface area contributed by atoms with Gasteiger partial charge >= 0.3 is 0 Å². The second-order valence-corrected chi connectivity index (χ2v) is 3.91. The molecular formula is C12H9S+. The molecule has 0 radical (unpaired) electrons. The quantitative estimate of drug-likeness (QED) is 0.468. The van der Waals surface area contributed by atoms with Gasteiger partial charge in [-0.3, -0.25) is 0 Å². The van der Waals surface area contributed by atoms with Crippen LogP contribution in [0.15, 0.2) is 58.1 Å². The molecule has 0 saturated heterocycles. The van der Waals surface area contributed by atoms with E-state index in [0.29, 0.717) is 0 Å². The van der Waals surface area contributed by atoms with Crippen molar-refractivity contribution in [3.63, 3.8) is 0 Å². The lowest BCUT2D eigenvalue weighted by Crippen LogP contribution is -1.80. The molecule has 0 spiro atoms. The van der Waals surface area contributed by atoms with Crippen LogP contribution in [-0.4, -0.2) is 0 Å². The zero-order chi connectivity index (χ0) is 8.93. The van der Waals surface area contributed by atoms with E-state index in [2.05, 4.69) is 36.1 Å². The lowest BCUT2D eigenvalue weighted by atomic mass is 10.3. The molecule has 0 aromatic rings. The Morgan fingerprint density at radius 3 is 3.08 bits per heavy atom. The van der Waals surface area contributed by atoms with E-state index < -0.39 is 0 Å². The predicted octanol–water partition coefficient (Wildman–Crippen LogP) is 3.53. The van der Waals surface area contributed by atoms with E-state index in [1.54, 1.807) is 11.8 Å². The van der Waals surface area contributed by atoms with E-state index in [4.69, 9.17) is 0 Å². The molecule has 0 aromatic carbocycles. The van der Waals surface area contributed by atoms with Crippen molar-refractivity contribution in [1.29, 1.82) is 0 Å². The Hall–Kier alpha value is -1.26. The third kappa shape index (κ3) is 2.34. The normalized spacial score (nSPS) is 18.2. The first-order valence-electron chi connectivity index (χ1n) is 4.19. The Labute approximate surface area is 82.7 Å².